The number of amides is 1. The molecule has 3 unspecified atom stereocenters. The average Bonchev–Trinajstić information content (AvgIpc) is 3.13. The molecule has 2 aliphatic heterocycles. The summed E-state index contributed by atoms with van der Waals surface area (Å²) in [4.78, 5) is 13.0. The normalized spacial score (nSPS) is 27.4. The third-order valence-corrected chi connectivity index (χ3v) is 5.72. The molecule has 0 spiro atoms. The van der Waals surface area contributed by atoms with E-state index in [0.29, 0.717) is 21.7 Å². The van der Waals surface area contributed by atoms with Crippen molar-refractivity contribution in [2.75, 3.05) is 5.73 Å². The van der Waals surface area contributed by atoms with E-state index in [2.05, 4.69) is 5.32 Å². The van der Waals surface area contributed by atoms with Gasteiger partial charge in [0.1, 0.15) is 4.88 Å². The Morgan fingerprint density at radius 2 is 2.29 bits per heavy atom. The summed E-state index contributed by atoms with van der Waals surface area (Å²) in [6.07, 6.45) is 3.55. The number of carbonyl (C=O) groups excluding carboxylic acids is 1. The van der Waals surface area contributed by atoms with Crippen LogP contribution < -0.4 is 11.1 Å². The number of carbonyl (C=O) groups is 1. The maximum atomic E-state index is 12.5. The van der Waals surface area contributed by atoms with Crippen LogP contribution in [0.2, 0.25) is 5.02 Å². The molecular weight excluding hydrogens is 308 g/mol. The zero-order valence-corrected chi connectivity index (χ0v) is 12.8. The number of fused-ring (bicyclic) bond motifs is 3. The molecular formula is C15H15ClN2O2S. The van der Waals surface area contributed by atoms with Crippen LogP contribution in [0, 0.1) is 0 Å². The minimum Gasteiger partial charge on any atom is -0.397 e. The van der Waals surface area contributed by atoms with E-state index in [1.165, 1.54) is 11.3 Å². The van der Waals surface area contributed by atoms with Crippen molar-refractivity contribution in [3.8, 4) is 0 Å². The standard InChI is InChI=1S/C15H15ClN2O2S/c16-7-1-3-9-12(5-7)21-14(13(9)17)15(19)18-10-6-8-2-4-11(10)20-8/h1,3,5,8,10-11H,2,4,6,17H2,(H,18,19). The van der Waals surface area contributed by atoms with Crippen molar-refractivity contribution in [3.63, 3.8) is 0 Å². The number of thiophene rings is 1. The molecule has 6 heteroatoms. The van der Waals surface area contributed by atoms with Crippen molar-refractivity contribution in [1.82, 2.24) is 5.32 Å². The Morgan fingerprint density at radius 1 is 1.43 bits per heavy atom. The number of nitrogens with one attached hydrogen (secondary N) is 1. The number of hydrogen-bond acceptors (Lipinski definition) is 4. The summed E-state index contributed by atoms with van der Waals surface area (Å²) in [5.41, 5.74) is 6.65. The van der Waals surface area contributed by atoms with E-state index in [1.54, 1.807) is 6.07 Å². The van der Waals surface area contributed by atoms with Crippen LogP contribution in [0.25, 0.3) is 10.1 Å². The molecule has 110 valence electrons. The van der Waals surface area contributed by atoms with Crippen LogP contribution in [-0.4, -0.2) is 24.2 Å². The monoisotopic (exact) mass is 322 g/mol. The molecule has 2 aromatic rings. The number of rotatable bonds is 2. The molecule has 4 nitrogen and oxygen atoms in total. The van der Waals surface area contributed by atoms with E-state index in [9.17, 15) is 4.79 Å². The van der Waals surface area contributed by atoms with Gasteiger partial charge in [-0.15, -0.1) is 11.3 Å². The molecule has 21 heavy (non-hydrogen) atoms. The summed E-state index contributed by atoms with van der Waals surface area (Å²) in [6, 6.07) is 5.61. The van der Waals surface area contributed by atoms with Gasteiger partial charge in [0.2, 0.25) is 0 Å². The van der Waals surface area contributed by atoms with Gasteiger partial charge in [0.25, 0.3) is 5.91 Å². The van der Waals surface area contributed by atoms with Gasteiger partial charge in [-0.2, -0.15) is 0 Å². The summed E-state index contributed by atoms with van der Waals surface area (Å²) < 4.78 is 6.71. The summed E-state index contributed by atoms with van der Waals surface area (Å²) in [7, 11) is 0. The van der Waals surface area contributed by atoms with Crippen molar-refractivity contribution >= 4 is 44.6 Å². The minimum atomic E-state index is -0.106. The van der Waals surface area contributed by atoms with Gasteiger partial charge in [-0.1, -0.05) is 11.6 Å². The molecule has 2 bridgehead atoms. The second-order valence-electron chi connectivity index (χ2n) is 5.67. The van der Waals surface area contributed by atoms with Gasteiger partial charge in [-0.3, -0.25) is 4.79 Å². The predicted octanol–water partition coefficient (Wildman–Crippen LogP) is 3.19. The lowest BCUT2D eigenvalue weighted by Gasteiger charge is -2.19. The molecule has 4 rings (SSSR count). The van der Waals surface area contributed by atoms with E-state index in [4.69, 9.17) is 22.1 Å². The first-order valence-electron chi connectivity index (χ1n) is 7.05. The second kappa shape index (κ2) is 4.87. The zero-order chi connectivity index (χ0) is 14.6. The van der Waals surface area contributed by atoms with Crippen molar-refractivity contribution in [2.45, 2.75) is 37.5 Å². The Balaban J connectivity index is 1.60. The van der Waals surface area contributed by atoms with Crippen molar-refractivity contribution in [1.29, 1.82) is 0 Å². The molecule has 0 saturated carbocycles. The van der Waals surface area contributed by atoms with Gasteiger partial charge in [-0.25, -0.2) is 0 Å². The van der Waals surface area contributed by atoms with Gasteiger partial charge in [0, 0.05) is 15.1 Å². The van der Waals surface area contributed by atoms with Crippen molar-refractivity contribution in [2.24, 2.45) is 0 Å². The van der Waals surface area contributed by atoms with E-state index in [0.717, 1.165) is 29.3 Å². The Labute approximate surface area is 131 Å². The van der Waals surface area contributed by atoms with Crippen LogP contribution in [0.1, 0.15) is 28.9 Å². The average molecular weight is 323 g/mol. The number of anilines is 1. The number of nitrogens with two attached hydrogens (primary N) is 1. The first kappa shape index (κ1) is 13.4. The number of nitrogen functional groups attached to an aromatic ring is 1. The number of hydrogen-bond donors (Lipinski definition) is 2. The number of benzene rings is 1. The molecule has 1 aromatic heterocycles. The van der Waals surface area contributed by atoms with Gasteiger partial charge in [-0.05, 0) is 37.5 Å². The molecule has 3 N–H and O–H groups in total. The maximum Gasteiger partial charge on any atom is 0.263 e. The highest BCUT2D eigenvalue weighted by atomic mass is 35.5. The maximum absolute atomic E-state index is 12.5. The van der Waals surface area contributed by atoms with E-state index >= 15 is 0 Å². The quantitative estimate of drug-likeness (QED) is 0.892. The largest absolute Gasteiger partial charge is 0.397 e. The highest BCUT2D eigenvalue weighted by Crippen LogP contribution is 2.37. The van der Waals surface area contributed by atoms with Crippen LogP contribution in [0.5, 0.6) is 0 Å². The molecule has 2 fully saturated rings. The smallest absolute Gasteiger partial charge is 0.263 e. The fourth-order valence-electron chi connectivity index (χ4n) is 3.28. The van der Waals surface area contributed by atoms with Gasteiger partial charge in [0.15, 0.2) is 0 Å². The molecule has 2 saturated heterocycles. The zero-order valence-electron chi connectivity index (χ0n) is 11.3. The van der Waals surface area contributed by atoms with Crippen molar-refractivity contribution < 1.29 is 9.53 Å². The summed E-state index contributed by atoms with van der Waals surface area (Å²) >= 11 is 7.38. The SMILES string of the molecule is Nc1c(C(=O)NC2CC3CCC2O3)sc2cc(Cl)ccc12. The summed E-state index contributed by atoms with van der Waals surface area (Å²) in [6.45, 7) is 0. The highest BCUT2D eigenvalue weighted by Gasteiger charge is 2.41. The van der Waals surface area contributed by atoms with E-state index in [-0.39, 0.29) is 18.1 Å². The van der Waals surface area contributed by atoms with Crippen LogP contribution in [0.15, 0.2) is 18.2 Å². The summed E-state index contributed by atoms with van der Waals surface area (Å²) in [5.74, 6) is -0.106. The first-order valence-corrected chi connectivity index (χ1v) is 8.25. The third kappa shape index (κ3) is 2.20. The number of ether oxygens (including phenoxy) is 1. The van der Waals surface area contributed by atoms with Crippen molar-refractivity contribution in [3.05, 3.63) is 28.1 Å². The van der Waals surface area contributed by atoms with Gasteiger partial charge in [0.05, 0.1) is 23.9 Å². The van der Waals surface area contributed by atoms with E-state index in [1.807, 2.05) is 12.1 Å². The lowest BCUT2D eigenvalue weighted by Crippen LogP contribution is -2.41. The highest BCUT2D eigenvalue weighted by molar-refractivity contribution is 7.21. The molecule has 2 aliphatic rings. The minimum absolute atomic E-state index is 0.106. The lowest BCUT2D eigenvalue weighted by molar-refractivity contribution is 0.0844. The molecule has 1 amide bonds. The van der Waals surface area contributed by atoms with Crippen LogP contribution in [-0.2, 0) is 4.74 Å². The van der Waals surface area contributed by atoms with Gasteiger partial charge >= 0.3 is 0 Å². The molecule has 0 radical (unpaired) electrons. The Hall–Kier alpha value is -1.30. The Bertz CT molecular complexity index is 730. The van der Waals surface area contributed by atoms with E-state index < -0.39 is 0 Å². The van der Waals surface area contributed by atoms with Crippen LogP contribution >= 0.6 is 22.9 Å². The van der Waals surface area contributed by atoms with Crippen LogP contribution in [0.3, 0.4) is 0 Å². The van der Waals surface area contributed by atoms with Gasteiger partial charge < -0.3 is 15.8 Å². The molecule has 0 aliphatic carbocycles. The molecule has 3 heterocycles. The topological polar surface area (TPSA) is 64.4 Å². The fraction of sp³-hybridized carbons (Fsp3) is 0.400. The fourth-order valence-corrected chi connectivity index (χ4v) is 4.58. The lowest BCUT2D eigenvalue weighted by atomic mass is 9.95. The molecule has 1 aromatic carbocycles. The van der Waals surface area contributed by atoms with Crippen LogP contribution in [0.4, 0.5) is 5.69 Å². The second-order valence-corrected chi connectivity index (χ2v) is 7.16. The third-order valence-electron chi connectivity index (χ3n) is 4.32. The number of halogens is 1. The summed E-state index contributed by atoms with van der Waals surface area (Å²) in [5, 5.41) is 4.61. The molecule has 3 atom stereocenters. The first-order chi connectivity index (χ1) is 10.1. The Morgan fingerprint density at radius 3 is 3.00 bits per heavy atom. The Kier molecular flexibility index (Phi) is 3.10. The predicted molar refractivity (Wildman–Crippen MR) is 85.0 cm³/mol.